The SMILES string of the molecule is CC(C)Nc1cc(-n2ccc3cc(C#N)cnc32)ncc1C(=O)NC1CCC(C(=O)NCCCOCCCN2CC[C@@H](NC(=O)[C@H](CCCn3ccnc3[N+](=O)[O-])NC(=O)OC(C)(C)C)C2)CC1. The molecule has 4 aromatic rings. The monoisotopic (exact) mass is 940 g/mol. The topological polar surface area (TPSA) is 266 Å². The molecule has 4 aromatic heterocycles. The second-order valence-corrected chi connectivity index (χ2v) is 18.8. The lowest BCUT2D eigenvalue weighted by molar-refractivity contribution is -0.396. The van der Waals surface area contributed by atoms with E-state index in [4.69, 9.17) is 9.47 Å². The smallest absolute Gasteiger partial charge is 0.434 e. The lowest BCUT2D eigenvalue weighted by atomic mass is 9.85. The number of carbonyl (C=O) groups is 4. The average molecular weight is 940 g/mol. The van der Waals surface area contributed by atoms with Crippen LogP contribution in [-0.4, -0.2) is 127 Å². The lowest BCUT2D eigenvalue weighted by Crippen LogP contribution is -2.51. The number of likely N-dealkylation sites (tertiary alicyclic amines) is 1. The van der Waals surface area contributed by atoms with Crippen molar-refractivity contribution in [2.45, 2.75) is 129 Å². The Morgan fingerprint density at radius 1 is 0.956 bits per heavy atom. The Kier molecular flexibility index (Phi) is 17.8. The summed E-state index contributed by atoms with van der Waals surface area (Å²) >= 11 is 0. The fourth-order valence-electron chi connectivity index (χ4n) is 8.53. The molecule has 1 saturated heterocycles. The van der Waals surface area contributed by atoms with E-state index in [2.05, 4.69) is 52.5 Å². The number of carbonyl (C=O) groups excluding carboxylic acids is 4. The van der Waals surface area contributed by atoms with Crippen LogP contribution in [0.4, 0.5) is 16.4 Å². The first-order valence-corrected chi connectivity index (χ1v) is 23.5. The minimum absolute atomic E-state index is 0.0252. The third-order valence-corrected chi connectivity index (χ3v) is 11.8. The number of nitrogens with zero attached hydrogens (tertiary/aromatic N) is 8. The van der Waals surface area contributed by atoms with E-state index in [0.717, 1.165) is 31.3 Å². The zero-order valence-electron chi connectivity index (χ0n) is 39.7. The van der Waals surface area contributed by atoms with Crippen molar-refractivity contribution in [2.24, 2.45) is 5.92 Å². The number of fused-ring (bicyclic) bond motifs is 1. The molecule has 0 unspecified atom stereocenters. The van der Waals surface area contributed by atoms with Crippen LogP contribution in [0.15, 0.2) is 49.2 Å². The Bertz CT molecular complexity index is 2410. The number of alkyl carbamates (subject to hydrolysis) is 1. The van der Waals surface area contributed by atoms with Gasteiger partial charge in [0, 0.05) is 93.5 Å². The van der Waals surface area contributed by atoms with Gasteiger partial charge in [0.25, 0.3) is 5.91 Å². The fourth-order valence-corrected chi connectivity index (χ4v) is 8.53. The van der Waals surface area contributed by atoms with E-state index in [1.807, 2.05) is 36.7 Å². The van der Waals surface area contributed by atoms with Crippen LogP contribution < -0.4 is 26.6 Å². The molecular weight excluding hydrogens is 875 g/mol. The summed E-state index contributed by atoms with van der Waals surface area (Å²) in [4.78, 5) is 78.3. The molecule has 68 heavy (non-hydrogen) atoms. The van der Waals surface area contributed by atoms with Crippen molar-refractivity contribution < 1.29 is 33.6 Å². The van der Waals surface area contributed by atoms with E-state index in [1.165, 1.54) is 23.2 Å². The van der Waals surface area contributed by atoms with E-state index < -0.39 is 22.7 Å². The van der Waals surface area contributed by atoms with Crippen LogP contribution in [0.3, 0.4) is 0 Å². The number of rotatable bonds is 22. The van der Waals surface area contributed by atoms with Crippen molar-refractivity contribution >= 4 is 46.5 Å². The summed E-state index contributed by atoms with van der Waals surface area (Å²) in [6, 6.07) is 6.61. The van der Waals surface area contributed by atoms with Crippen molar-refractivity contribution in [2.75, 3.05) is 44.7 Å². The molecule has 1 saturated carbocycles. The van der Waals surface area contributed by atoms with Crippen molar-refractivity contribution in [3.05, 3.63) is 70.4 Å². The number of aromatic nitrogens is 5. The number of ether oxygens (including phenoxy) is 2. The van der Waals surface area contributed by atoms with E-state index >= 15 is 0 Å². The molecule has 1 aliphatic heterocycles. The second-order valence-electron chi connectivity index (χ2n) is 18.8. The van der Waals surface area contributed by atoms with Gasteiger partial charge >= 0.3 is 12.0 Å². The maximum Gasteiger partial charge on any atom is 0.434 e. The van der Waals surface area contributed by atoms with Crippen LogP contribution >= 0.6 is 0 Å². The predicted molar refractivity (Wildman–Crippen MR) is 253 cm³/mol. The van der Waals surface area contributed by atoms with E-state index in [9.17, 15) is 34.6 Å². The summed E-state index contributed by atoms with van der Waals surface area (Å²) in [6.45, 7) is 13.3. The molecule has 0 spiro atoms. The van der Waals surface area contributed by atoms with Crippen molar-refractivity contribution in [3.63, 3.8) is 0 Å². The number of amides is 4. The molecule has 1 aliphatic carbocycles. The first kappa shape index (κ1) is 50.7. The van der Waals surface area contributed by atoms with E-state index in [-0.39, 0.29) is 60.7 Å². The highest BCUT2D eigenvalue weighted by molar-refractivity contribution is 6.00. The maximum absolute atomic E-state index is 13.6. The van der Waals surface area contributed by atoms with Crippen LogP contribution in [0.1, 0.15) is 108 Å². The number of anilines is 1. The zero-order chi connectivity index (χ0) is 48.8. The quantitative estimate of drug-likeness (QED) is 0.0395. The van der Waals surface area contributed by atoms with Crippen LogP contribution in [0.2, 0.25) is 0 Å². The Hall–Kier alpha value is -6.66. The van der Waals surface area contributed by atoms with Gasteiger partial charge in [-0.05, 0) is 109 Å². The van der Waals surface area contributed by atoms with Crippen molar-refractivity contribution in [3.8, 4) is 11.9 Å². The number of hydrogen-bond acceptors (Lipinski definition) is 14. The summed E-state index contributed by atoms with van der Waals surface area (Å²) < 4.78 is 14.5. The van der Waals surface area contributed by atoms with Gasteiger partial charge in [-0.3, -0.25) is 19.0 Å². The number of hydrogen-bond donors (Lipinski definition) is 5. The van der Waals surface area contributed by atoms with Gasteiger partial charge in [-0.25, -0.2) is 19.3 Å². The van der Waals surface area contributed by atoms with Crippen LogP contribution in [0.5, 0.6) is 0 Å². The third-order valence-electron chi connectivity index (χ3n) is 11.8. The molecule has 21 nitrogen and oxygen atoms in total. The van der Waals surface area contributed by atoms with Gasteiger partial charge in [-0.2, -0.15) is 5.26 Å². The third kappa shape index (κ3) is 14.7. The van der Waals surface area contributed by atoms with Gasteiger partial charge in [0.15, 0.2) is 0 Å². The molecule has 6 rings (SSSR count). The molecule has 4 amide bonds. The van der Waals surface area contributed by atoms with Gasteiger partial charge in [0.2, 0.25) is 11.8 Å². The Morgan fingerprint density at radius 2 is 1.74 bits per heavy atom. The summed E-state index contributed by atoms with van der Waals surface area (Å²) in [7, 11) is 0. The molecule has 0 aromatic carbocycles. The fraction of sp³-hybridized carbons (Fsp3) is 0.574. The number of imidazole rings is 1. The minimum Gasteiger partial charge on any atom is -0.444 e. The number of nitrogens with one attached hydrogen (secondary N) is 5. The number of nitriles is 1. The number of aryl methyl sites for hydroxylation is 1. The Labute approximate surface area is 396 Å². The van der Waals surface area contributed by atoms with Gasteiger partial charge in [-0.15, -0.1) is 0 Å². The highest BCUT2D eigenvalue weighted by atomic mass is 16.6. The Morgan fingerprint density at radius 3 is 2.47 bits per heavy atom. The van der Waals surface area contributed by atoms with Gasteiger partial charge in [0.05, 0.1) is 23.4 Å². The van der Waals surface area contributed by atoms with Crippen LogP contribution in [0.25, 0.3) is 16.9 Å². The normalized spacial score (nSPS) is 17.9. The van der Waals surface area contributed by atoms with Crippen molar-refractivity contribution in [1.29, 1.82) is 5.26 Å². The highest BCUT2D eigenvalue weighted by Crippen LogP contribution is 2.27. The molecule has 21 heteroatoms. The van der Waals surface area contributed by atoms with Gasteiger partial charge in [-0.1, -0.05) is 4.98 Å². The van der Waals surface area contributed by atoms with Crippen LogP contribution in [-0.2, 0) is 25.6 Å². The Balaban J connectivity index is 0.843. The molecule has 5 N–H and O–H groups in total. The zero-order valence-corrected chi connectivity index (χ0v) is 39.7. The highest BCUT2D eigenvalue weighted by Gasteiger charge is 2.31. The number of pyridine rings is 2. The first-order chi connectivity index (χ1) is 32.6. The standard InChI is InChI=1S/C47H65N13O8/c1-31(2)53-39-26-40(59-21-14-34-25-32(27-48)28-52-41(34)59)51-29-37(39)43(62)54-35-12-10-33(11-13-35)42(61)49-16-7-23-67-24-8-18-57-20-15-36(30-57)55-44(63)38(56-46(64)68-47(3,4)5)9-6-19-58-22-17-50-45(58)60(65)66/h14,17,21-22,25-26,28-29,31,33,35-36,38H,6-13,15-16,18-20,23-24,30H2,1-5H3,(H,49,61)(H,51,53)(H,54,62)(H,55,63)(H,56,64)/t33?,35?,36-,38+/m1/s1. The molecule has 2 atom stereocenters. The summed E-state index contributed by atoms with van der Waals surface area (Å²) in [5.41, 5.74) is 1.46. The molecule has 0 bridgehead atoms. The molecule has 2 aliphatic rings. The van der Waals surface area contributed by atoms with Crippen molar-refractivity contribution in [1.82, 2.24) is 50.3 Å². The molecule has 2 fully saturated rings. The lowest BCUT2D eigenvalue weighted by Gasteiger charge is -2.28. The molecule has 0 radical (unpaired) electrons. The van der Waals surface area contributed by atoms with Crippen LogP contribution in [0, 0.1) is 27.4 Å². The molecule has 366 valence electrons. The van der Waals surface area contributed by atoms with Gasteiger partial charge < -0.3 is 51.1 Å². The summed E-state index contributed by atoms with van der Waals surface area (Å²) in [5, 5.41) is 36.7. The van der Waals surface area contributed by atoms with Gasteiger partial charge in [0.1, 0.15) is 41.6 Å². The first-order valence-electron chi connectivity index (χ1n) is 23.5. The van der Waals surface area contributed by atoms with E-state index in [1.54, 1.807) is 33.0 Å². The number of nitro groups is 1. The minimum atomic E-state index is -0.885. The summed E-state index contributed by atoms with van der Waals surface area (Å²) in [5.74, 6) is -0.339. The van der Waals surface area contributed by atoms with E-state index in [0.29, 0.717) is 93.1 Å². The maximum atomic E-state index is 13.6. The molecular formula is C47H65N13O8. The second kappa shape index (κ2) is 23.9. The average Bonchev–Trinajstić information content (AvgIpc) is 4.06. The molecule has 5 heterocycles. The summed E-state index contributed by atoms with van der Waals surface area (Å²) in [6.07, 6.45) is 12.7. The predicted octanol–water partition coefficient (Wildman–Crippen LogP) is 4.98. The largest absolute Gasteiger partial charge is 0.444 e.